The third kappa shape index (κ3) is 2.84. The molecule has 4 nitrogen and oxygen atoms in total. The van der Waals surface area contributed by atoms with Crippen LogP contribution >= 0.6 is 0 Å². The van der Waals surface area contributed by atoms with E-state index in [9.17, 15) is 5.11 Å². The van der Waals surface area contributed by atoms with E-state index in [-0.39, 0.29) is 0 Å². The Labute approximate surface area is 77.3 Å². The summed E-state index contributed by atoms with van der Waals surface area (Å²) in [4.78, 5) is 0. The number of methoxy groups -OCH3 is 1. The van der Waals surface area contributed by atoms with Crippen LogP contribution in [0.15, 0.2) is 16.5 Å². The summed E-state index contributed by atoms with van der Waals surface area (Å²) in [6.07, 6.45) is -0.0875. The van der Waals surface area contributed by atoms with E-state index in [0.717, 1.165) is 0 Å². The zero-order valence-electron chi connectivity index (χ0n) is 7.69. The summed E-state index contributed by atoms with van der Waals surface area (Å²) < 4.78 is 10.2. The van der Waals surface area contributed by atoms with Crippen LogP contribution in [0.1, 0.15) is 24.0 Å². The number of hydrogen-bond acceptors (Lipinski definition) is 4. The maximum Gasteiger partial charge on any atom is 0.132 e. The molecule has 0 bridgehead atoms. The van der Waals surface area contributed by atoms with Gasteiger partial charge in [-0.15, -0.1) is 0 Å². The first-order valence-corrected chi connectivity index (χ1v) is 4.23. The highest BCUT2D eigenvalue weighted by Gasteiger charge is 2.10. The summed E-state index contributed by atoms with van der Waals surface area (Å²) in [6, 6.07) is 3.53. The molecular formula is C9H15NO3. The lowest BCUT2D eigenvalue weighted by atomic mass is 10.2. The summed E-state index contributed by atoms with van der Waals surface area (Å²) >= 11 is 0. The molecule has 1 heterocycles. The number of hydrogen-bond donors (Lipinski definition) is 2. The summed E-state index contributed by atoms with van der Waals surface area (Å²) in [5.41, 5.74) is 5.31. The molecule has 0 radical (unpaired) electrons. The second-order valence-corrected chi connectivity index (χ2v) is 2.83. The Morgan fingerprint density at radius 1 is 1.62 bits per heavy atom. The van der Waals surface area contributed by atoms with E-state index in [0.29, 0.717) is 31.1 Å². The highest BCUT2D eigenvalue weighted by Crippen LogP contribution is 2.19. The van der Waals surface area contributed by atoms with Crippen LogP contribution in [0.2, 0.25) is 0 Å². The predicted molar refractivity (Wildman–Crippen MR) is 48.1 cm³/mol. The van der Waals surface area contributed by atoms with Crippen LogP contribution in [0.25, 0.3) is 0 Å². The molecule has 0 fully saturated rings. The second-order valence-electron chi connectivity index (χ2n) is 2.83. The lowest BCUT2D eigenvalue weighted by Crippen LogP contribution is -2.05. The van der Waals surface area contributed by atoms with Crippen LogP contribution in [0.4, 0.5) is 0 Å². The molecule has 1 rings (SSSR count). The van der Waals surface area contributed by atoms with E-state index in [1.165, 1.54) is 0 Å². The lowest BCUT2D eigenvalue weighted by molar-refractivity contribution is 0.127. The van der Waals surface area contributed by atoms with Gasteiger partial charge in [0.2, 0.25) is 0 Å². The van der Waals surface area contributed by atoms with Crippen molar-refractivity contribution in [2.75, 3.05) is 13.7 Å². The van der Waals surface area contributed by atoms with Crippen molar-refractivity contribution < 1.29 is 14.3 Å². The van der Waals surface area contributed by atoms with E-state index >= 15 is 0 Å². The van der Waals surface area contributed by atoms with Crippen molar-refractivity contribution in [2.45, 2.75) is 19.1 Å². The van der Waals surface area contributed by atoms with Crippen LogP contribution in [0, 0.1) is 0 Å². The van der Waals surface area contributed by atoms with E-state index in [2.05, 4.69) is 0 Å². The number of nitrogens with two attached hydrogens (primary N) is 1. The summed E-state index contributed by atoms with van der Waals surface area (Å²) in [7, 11) is 1.60. The van der Waals surface area contributed by atoms with Gasteiger partial charge in [-0.05, 0) is 25.1 Å². The molecule has 13 heavy (non-hydrogen) atoms. The summed E-state index contributed by atoms with van der Waals surface area (Å²) in [5.74, 6) is 1.27. The quantitative estimate of drug-likeness (QED) is 0.712. The molecule has 0 saturated carbocycles. The van der Waals surface area contributed by atoms with Gasteiger partial charge in [0.05, 0.1) is 0 Å². The Bertz CT molecular complexity index is 247. The number of rotatable bonds is 5. The van der Waals surface area contributed by atoms with Gasteiger partial charge in [0, 0.05) is 7.11 Å². The van der Waals surface area contributed by atoms with Gasteiger partial charge in [0.25, 0.3) is 0 Å². The molecule has 0 saturated heterocycles. The van der Waals surface area contributed by atoms with Gasteiger partial charge < -0.3 is 20.0 Å². The maximum atomic E-state index is 9.49. The SMILES string of the molecule is COCc1ccc(C(O)CCN)o1. The second kappa shape index (κ2) is 5.01. The minimum absolute atomic E-state index is 0.426. The van der Waals surface area contributed by atoms with Gasteiger partial charge in [-0.3, -0.25) is 0 Å². The molecule has 0 aromatic carbocycles. The van der Waals surface area contributed by atoms with Crippen molar-refractivity contribution in [1.82, 2.24) is 0 Å². The fourth-order valence-electron chi connectivity index (χ4n) is 1.09. The summed E-state index contributed by atoms with van der Waals surface area (Å²) in [5, 5.41) is 9.49. The van der Waals surface area contributed by atoms with Crippen molar-refractivity contribution in [2.24, 2.45) is 5.73 Å². The van der Waals surface area contributed by atoms with Gasteiger partial charge in [-0.2, -0.15) is 0 Å². The predicted octanol–water partition coefficient (Wildman–Crippen LogP) is 0.808. The van der Waals surface area contributed by atoms with Gasteiger partial charge in [-0.1, -0.05) is 0 Å². The standard InChI is InChI=1S/C9H15NO3/c1-12-6-7-2-3-9(13-7)8(11)4-5-10/h2-3,8,11H,4-6,10H2,1H3. The average Bonchev–Trinajstić information content (AvgIpc) is 2.54. The number of ether oxygens (including phenoxy) is 1. The largest absolute Gasteiger partial charge is 0.461 e. The molecule has 0 aliphatic rings. The molecule has 1 aromatic rings. The molecule has 4 heteroatoms. The smallest absolute Gasteiger partial charge is 0.132 e. The summed E-state index contributed by atoms with van der Waals surface area (Å²) in [6.45, 7) is 0.872. The average molecular weight is 185 g/mol. The van der Waals surface area contributed by atoms with Gasteiger partial charge in [0.15, 0.2) is 0 Å². The monoisotopic (exact) mass is 185 g/mol. The Balaban J connectivity index is 2.56. The van der Waals surface area contributed by atoms with Gasteiger partial charge in [0.1, 0.15) is 24.2 Å². The van der Waals surface area contributed by atoms with Crippen LogP contribution in [0.3, 0.4) is 0 Å². The normalized spacial score (nSPS) is 13.2. The molecule has 0 aliphatic carbocycles. The van der Waals surface area contributed by atoms with Crippen LogP contribution in [-0.4, -0.2) is 18.8 Å². The van der Waals surface area contributed by atoms with E-state index in [4.69, 9.17) is 14.9 Å². The van der Waals surface area contributed by atoms with Gasteiger partial charge >= 0.3 is 0 Å². The van der Waals surface area contributed by atoms with Gasteiger partial charge in [-0.25, -0.2) is 0 Å². The Morgan fingerprint density at radius 2 is 2.38 bits per heavy atom. The first-order chi connectivity index (χ1) is 6.27. The number of furan rings is 1. The minimum Gasteiger partial charge on any atom is -0.461 e. The van der Waals surface area contributed by atoms with Crippen LogP contribution < -0.4 is 5.73 Å². The molecule has 0 aliphatic heterocycles. The fourth-order valence-corrected chi connectivity index (χ4v) is 1.09. The fraction of sp³-hybridized carbons (Fsp3) is 0.556. The van der Waals surface area contributed by atoms with Crippen molar-refractivity contribution in [1.29, 1.82) is 0 Å². The molecule has 0 amide bonds. The van der Waals surface area contributed by atoms with Crippen molar-refractivity contribution in [3.63, 3.8) is 0 Å². The van der Waals surface area contributed by atoms with Crippen LogP contribution in [0.5, 0.6) is 0 Å². The van der Waals surface area contributed by atoms with Crippen molar-refractivity contribution in [3.05, 3.63) is 23.7 Å². The van der Waals surface area contributed by atoms with Crippen molar-refractivity contribution >= 4 is 0 Å². The lowest BCUT2D eigenvalue weighted by Gasteiger charge is -2.04. The highest BCUT2D eigenvalue weighted by molar-refractivity contribution is 5.08. The molecular weight excluding hydrogens is 170 g/mol. The molecule has 1 atom stereocenters. The first kappa shape index (κ1) is 10.2. The number of aliphatic hydroxyl groups excluding tert-OH is 1. The molecule has 3 N–H and O–H groups in total. The Morgan fingerprint density at radius 3 is 3.00 bits per heavy atom. The zero-order chi connectivity index (χ0) is 9.68. The third-order valence-electron chi connectivity index (χ3n) is 1.74. The number of aliphatic hydroxyl groups is 1. The third-order valence-corrected chi connectivity index (χ3v) is 1.74. The topological polar surface area (TPSA) is 68.6 Å². The molecule has 1 unspecified atom stereocenters. The minimum atomic E-state index is -0.601. The van der Waals surface area contributed by atoms with Crippen molar-refractivity contribution in [3.8, 4) is 0 Å². The molecule has 0 spiro atoms. The molecule has 74 valence electrons. The van der Waals surface area contributed by atoms with Crippen LogP contribution in [-0.2, 0) is 11.3 Å². The Hall–Kier alpha value is -0.840. The zero-order valence-corrected chi connectivity index (χ0v) is 7.69. The first-order valence-electron chi connectivity index (χ1n) is 4.23. The van der Waals surface area contributed by atoms with E-state index in [1.54, 1.807) is 19.2 Å². The molecule has 1 aromatic heterocycles. The van der Waals surface area contributed by atoms with E-state index in [1.807, 2.05) is 0 Å². The maximum absolute atomic E-state index is 9.49. The van der Waals surface area contributed by atoms with E-state index < -0.39 is 6.10 Å². The highest BCUT2D eigenvalue weighted by atomic mass is 16.5. The Kier molecular flexibility index (Phi) is 3.95.